The van der Waals surface area contributed by atoms with Crippen molar-refractivity contribution < 1.29 is 14.3 Å². The topological polar surface area (TPSA) is 56.6 Å². The second kappa shape index (κ2) is 9.10. The number of hydrogen-bond donors (Lipinski definition) is 0. The number of ether oxygens (including phenoxy) is 2. The van der Waals surface area contributed by atoms with Gasteiger partial charge in [-0.1, -0.05) is 18.2 Å². The Balaban J connectivity index is 1.67. The van der Waals surface area contributed by atoms with Crippen LogP contribution in [0.3, 0.4) is 0 Å². The van der Waals surface area contributed by atoms with Gasteiger partial charge in [0, 0.05) is 31.4 Å². The van der Waals surface area contributed by atoms with Crippen molar-refractivity contribution in [3.05, 3.63) is 77.6 Å². The van der Waals surface area contributed by atoms with Gasteiger partial charge in [-0.2, -0.15) is 5.10 Å². The Morgan fingerprint density at radius 1 is 1.14 bits per heavy atom. The Morgan fingerprint density at radius 3 is 2.52 bits per heavy atom. The van der Waals surface area contributed by atoms with Crippen LogP contribution in [0, 0.1) is 6.92 Å². The molecule has 0 aliphatic rings. The standard InChI is InChI=1S/C23H25N3O3/c1-17-12-21(28-3)22(29-4)13-19(17)16-25(2)23(27)11-10-18-14-24-26(15-18)20-8-6-5-7-9-20/h5-15H,16H2,1-4H3/b11-10+. The molecule has 0 radical (unpaired) electrons. The quantitative estimate of drug-likeness (QED) is 0.574. The van der Waals surface area contributed by atoms with Crippen molar-refractivity contribution in [2.24, 2.45) is 0 Å². The van der Waals surface area contributed by atoms with E-state index < -0.39 is 0 Å². The van der Waals surface area contributed by atoms with Gasteiger partial charge < -0.3 is 14.4 Å². The SMILES string of the molecule is COc1cc(C)c(CN(C)C(=O)/C=C/c2cnn(-c3ccccc3)c2)cc1OC. The first-order valence-corrected chi connectivity index (χ1v) is 9.26. The first kappa shape index (κ1) is 20.2. The summed E-state index contributed by atoms with van der Waals surface area (Å²) >= 11 is 0. The highest BCUT2D eigenvalue weighted by atomic mass is 16.5. The predicted octanol–water partition coefficient (Wildman–Crippen LogP) is 3.87. The van der Waals surface area contributed by atoms with Crippen molar-refractivity contribution in [3.63, 3.8) is 0 Å². The number of carbonyl (C=O) groups is 1. The van der Waals surface area contributed by atoms with Gasteiger partial charge in [0.05, 0.1) is 26.1 Å². The Labute approximate surface area is 171 Å². The minimum absolute atomic E-state index is 0.0911. The molecule has 150 valence electrons. The first-order chi connectivity index (χ1) is 14.0. The highest BCUT2D eigenvalue weighted by Gasteiger charge is 2.12. The number of aryl methyl sites for hydroxylation is 1. The lowest BCUT2D eigenvalue weighted by Crippen LogP contribution is -2.24. The van der Waals surface area contributed by atoms with Crippen molar-refractivity contribution in [3.8, 4) is 17.2 Å². The molecular formula is C23H25N3O3. The second-order valence-electron chi connectivity index (χ2n) is 6.72. The van der Waals surface area contributed by atoms with E-state index in [4.69, 9.17) is 9.47 Å². The van der Waals surface area contributed by atoms with E-state index in [-0.39, 0.29) is 5.91 Å². The largest absolute Gasteiger partial charge is 0.493 e. The number of rotatable bonds is 7. The van der Waals surface area contributed by atoms with Gasteiger partial charge in [0.1, 0.15) is 0 Å². The molecule has 0 bridgehead atoms. The minimum Gasteiger partial charge on any atom is -0.493 e. The Kier molecular flexibility index (Phi) is 6.34. The fourth-order valence-electron chi connectivity index (χ4n) is 2.97. The van der Waals surface area contributed by atoms with Gasteiger partial charge in [0.2, 0.25) is 5.91 Å². The smallest absolute Gasteiger partial charge is 0.246 e. The molecule has 0 fully saturated rings. The molecule has 2 aromatic carbocycles. The number of para-hydroxylation sites is 1. The molecule has 0 spiro atoms. The van der Waals surface area contributed by atoms with Crippen LogP contribution in [0.4, 0.5) is 0 Å². The van der Waals surface area contributed by atoms with Gasteiger partial charge in [-0.3, -0.25) is 4.79 Å². The number of carbonyl (C=O) groups excluding carboxylic acids is 1. The van der Waals surface area contributed by atoms with Crippen LogP contribution in [0.15, 0.2) is 60.9 Å². The maximum Gasteiger partial charge on any atom is 0.246 e. The molecule has 1 heterocycles. The number of aromatic nitrogens is 2. The van der Waals surface area contributed by atoms with Gasteiger partial charge in [0.25, 0.3) is 0 Å². The number of hydrogen-bond acceptors (Lipinski definition) is 4. The molecule has 0 saturated carbocycles. The van der Waals surface area contributed by atoms with Gasteiger partial charge in [-0.05, 0) is 48.4 Å². The first-order valence-electron chi connectivity index (χ1n) is 9.26. The van der Waals surface area contributed by atoms with Crippen LogP contribution in [0.1, 0.15) is 16.7 Å². The molecule has 0 unspecified atom stereocenters. The van der Waals surface area contributed by atoms with Gasteiger partial charge in [-0.15, -0.1) is 0 Å². The lowest BCUT2D eigenvalue weighted by Gasteiger charge is -2.18. The van der Waals surface area contributed by atoms with Crippen molar-refractivity contribution in [2.75, 3.05) is 21.3 Å². The van der Waals surface area contributed by atoms with Crippen LogP contribution < -0.4 is 9.47 Å². The van der Waals surface area contributed by atoms with E-state index >= 15 is 0 Å². The zero-order valence-electron chi connectivity index (χ0n) is 17.1. The average molecular weight is 391 g/mol. The molecule has 0 aliphatic carbocycles. The van der Waals surface area contributed by atoms with Crippen LogP contribution in [-0.4, -0.2) is 41.9 Å². The van der Waals surface area contributed by atoms with E-state index in [1.165, 1.54) is 0 Å². The summed E-state index contributed by atoms with van der Waals surface area (Å²) in [6, 6.07) is 13.7. The molecule has 1 amide bonds. The van der Waals surface area contributed by atoms with E-state index in [1.807, 2.05) is 55.6 Å². The summed E-state index contributed by atoms with van der Waals surface area (Å²) in [7, 11) is 4.98. The molecule has 3 rings (SSSR count). The molecular weight excluding hydrogens is 366 g/mol. The molecule has 3 aromatic rings. The molecule has 6 heteroatoms. The predicted molar refractivity (Wildman–Crippen MR) is 113 cm³/mol. The van der Waals surface area contributed by atoms with E-state index in [2.05, 4.69) is 5.10 Å². The molecule has 6 nitrogen and oxygen atoms in total. The maximum atomic E-state index is 12.5. The summed E-state index contributed by atoms with van der Waals surface area (Å²) in [5.74, 6) is 1.24. The summed E-state index contributed by atoms with van der Waals surface area (Å²) in [5, 5.41) is 4.34. The number of likely N-dealkylation sites (N-methyl/N-ethyl adjacent to an activating group) is 1. The van der Waals surface area contributed by atoms with E-state index in [9.17, 15) is 4.79 Å². The van der Waals surface area contributed by atoms with E-state index in [0.717, 1.165) is 22.4 Å². The third-order valence-corrected chi connectivity index (χ3v) is 4.67. The number of benzene rings is 2. The fourth-order valence-corrected chi connectivity index (χ4v) is 2.97. The van der Waals surface area contributed by atoms with Gasteiger partial charge in [-0.25, -0.2) is 4.68 Å². The maximum absolute atomic E-state index is 12.5. The third kappa shape index (κ3) is 4.85. The van der Waals surface area contributed by atoms with Crippen molar-refractivity contribution >= 4 is 12.0 Å². The molecule has 0 aliphatic heterocycles. The van der Waals surface area contributed by atoms with Gasteiger partial charge in [0.15, 0.2) is 11.5 Å². The van der Waals surface area contributed by atoms with Crippen LogP contribution in [-0.2, 0) is 11.3 Å². The summed E-state index contributed by atoms with van der Waals surface area (Å²) < 4.78 is 12.5. The monoisotopic (exact) mass is 391 g/mol. The van der Waals surface area contributed by atoms with Gasteiger partial charge >= 0.3 is 0 Å². The normalized spacial score (nSPS) is 10.9. The summed E-state index contributed by atoms with van der Waals surface area (Å²) in [5.41, 5.74) is 3.87. The molecule has 0 N–H and O–H groups in total. The summed E-state index contributed by atoms with van der Waals surface area (Å²) in [4.78, 5) is 14.2. The lowest BCUT2D eigenvalue weighted by atomic mass is 10.1. The molecule has 0 saturated heterocycles. The van der Waals surface area contributed by atoms with Crippen LogP contribution >= 0.6 is 0 Å². The van der Waals surface area contributed by atoms with E-state index in [1.54, 1.807) is 49.2 Å². The van der Waals surface area contributed by atoms with Crippen molar-refractivity contribution in [1.29, 1.82) is 0 Å². The fraction of sp³-hybridized carbons (Fsp3) is 0.217. The highest BCUT2D eigenvalue weighted by molar-refractivity contribution is 5.91. The molecule has 1 aromatic heterocycles. The second-order valence-corrected chi connectivity index (χ2v) is 6.72. The van der Waals surface area contributed by atoms with Crippen LogP contribution in [0.25, 0.3) is 11.8 Å². The Morgan fingerprint density at radius 2 is 1.83 bits per heavy atom. The van der Waals surface area contributed by atoms with Crippen LogP contribution in [0.2, 0.25) is 0 Å². The Hall–Kier alpha value is -3.54. The zero-order valence-corrected chi connectivity index (χ0v) is 17.1. The van der Waals surface area contributed by atoms with Crippen molar-refractivity contribution in [1.82, 2.24) is 14.7 Å². The molecule has 0 atom stereocenters. The number of methoxy groups -OCH3 is 2. The van der Waals surface area contributed by atoms with Crippen LogP contribution in [0.5, 0.6) is 11.5 Å². The number of nitrogens with zero attached hydrogens (tertiary/aromatic N) is 3. The highest BCUT2D eigenvalue weighted by Crippen LogP contribution is 2.30. The zero-order chi connectivity index (χ0) is 20.8. The van der Waals surface area contributed by atoms with Crippen molar-refractivity contribution in [2.45, 2.75) is 13.5 Å². The number of amides is 1. The Bertz CT molecular complexity index is 1010. The molecule has 29 heavy (non-hydrogen) atoms. The average Bonchev–Trinajstić information content (AvgIpc) is 3.22. The summed E-state index contributed by atoms with van der Waals surface area (Å²) in [6.45, 7) is 2.46. The third-order valence-electron chi connectivity index (χ3n) is 4.67. The summed E-state index contributed by atoms with van der Waals surface area (Å²) in [6.07, 6.45) is 6.95. The lowest BCUT2D eigenvalue weighted by molar-refractivity contribution is -0.125. The minimum atomic E-state index is -0.0911. The van der Waals surface area contributed by atoms with E-state index in [0.29, 0.717) is 18.0 Å².